The largest absolute Gasteiger partial charge is 0.455 e. The monoisotopic (exact) mass is 334 g/mol. The van der Waals surface area contributed by atoms with Gasteiger partial charge in [-0.25, -0.2) is 9.97 Å². The average Bonchev–Trinajstić information content (AvgIpc) is 3.09. The van der Waals surface area contributed by atoms with Crippen LogP contribution in [0.25, 0.3) is 44.1 Å². The Morgan fingerprint density at radius 3 is 2.67 bits per heavy atom. The number of hydrogen-bond acceptors (Lipinski definition) is 3. The minimum Gasteiger partial charge on any atom is -0.455 e. The second-order valence-corrected chi connectivity index (χ2v) is 5.68. The van der Waals surface area contributed by atoms with Gasteiger partial charge in [0.25, 0.3) is 0 Å². The summed E-state index contributed by atoms with van der Waals surface area (Å²) in [5.74, 6) is 0. The minimum absolute atomic E-state index is 0.0779. The van der Waals surface area contributed by atoms with Gasteiger partial charge in [-0.2, -0.15) is 0 Å². The highest BCUT2D eigenvalue weighted by Crippen LogP contribution is 2.37. The number of benzene rings is 3. The summed E-state index contributed by atoms with van der Waals surface area (Å²) >= 11 is 6.11. The van der Waals surface area contributed by atoms with Crippen molar-refractivity contribution in [2.75, 3.05) is 0 Å². The van der Waals surface area contributed by atoms with Crippen molar-refractivity contribution in [3.63, 3.8) is 0 Å². The lowest BCUT2D eigenvalue weighted by molar-refractivity contribution is 0.670. The zero-order valence-corrected chi connectivity index (χ0v) is 13.0. The first-order chi connectivity index (χ1) is 13.5. The standard InChI is InChI=1S/C20H11ClN2O/c21-20-22-16-10-3-1-7-14(16)18(23-20)15-9-5-8-13-12-6-2-4-11-17(12)24-19(13)15/h1-11H/i1D,3D,7D,10D. The van der Waals surface area contributed by atoms with Crippen molar-refractivity contribution >= 4 is 44.4 Å². The first-order valence-corrected chi connectivity index (χ1v) is 7.69. The van der Waals surface area contributed by atoms with E-state index in [1.807, 2.05) is 36.4 Å². The van der Waals surface area contributed by atoms with Gasteiger partial charge in [0, 0.05) is 21.7 Å². The molecule has 4 heteroatoms. The van der Waals surface area contributed by atoms with Gasteiger partial charge in [0.15, 0.2) is 0 Å². The Hall–Kier alpha value is -2.91. The van der Waals surface area contributed by atoms with Gasteiger partial charge >= 0.3 is 0 Å². The van der Waals surface area contributed by atoms with Gasteiger partial charge in [-0.15, -0.1) is 0 Å². The molecule has 114 valence electrons. The molecule has 0 radical (unpaired) electrons. The molecule has 0 bridgehead atoms. The van der Waals surface area contributed by atoms with Gasteiger partial charge in [0.2, 0.25) is 5.28 Å². The van der Waals surface area contributed by atoms with E-state index in [1.165, 1.54) is 0 Å². The van der Waals surface area contributed by atoms with Crippen molar-refractivity contribution < 1.29 is 9.90 Å². The van der Waals surface area contributed by atoms with E-state index in [0.717, 1.165) is 16.4 Å². The van der Waals surface area contributed by atoms with Crippen LogP contribution in [0.15, 0.2) is 71.1 Å². The fraction of sp³-hybridized carbons (Fsp3) is 0. The summed E-state index contributed by atoms with van der Waals surface area (Å²) in [6, 6.07) is 12.1. The first kappa shape index (κ1) is 10.1. The number of aromatic nitrogens is 2. The molecule has 0 amide bonds. The van der Waals surface area contributed by atoms with Crippen LogP contribution in [-0.4, -0.2) is 9.97 Å². The topological polar surface area (TPSA) is 38.9 Å². The quantitative estimate of drug-likeness (QED) is 0.361. The smallest absolute Gasteiger partial charge is 0.223 e. The van der Waals surface area contributed by atoms with E-state index in [0.29, 0.717) is 16.8 Å². The molecule has 0 spiro atoms. The van der Waals surface area contributed by atoms with Gasteiger partial charge in [0.05, 0.1) is 16.7 Å². The van der Waals surface area contributed by atoms with Crippen molar-refractivity contribution in [3.8, 4) is 11.3 Å². The number of furan rings is 1. The van der Waals surface area contributed by atoms with E-state index >= 15 is 0 Å². The molecule has 0 aliphatic carbocycles. The maximum atomic E-state index is 8.36. The molecule has 0 saturated heterocycles. The molecule has 5 rings (SSSR count). The van der Waals surface area contributed by atoms with Crippen molar-refractivity contribution in [3.05, 3.63) is 71.9 Å². The Morgan fingerprint density at radius 1 is 0.875 bits per heavy atom. The minimum atomic E-state index is -0.361. The van der Waals surface area contributed by atoms with Gasteiger partial charge in [-0.05, 0) is 29.8 Å². The highest BCUT2D eigenvalue weighted by Gasteiger charge is 2.15. The molecule has 0 atom stereocenters. The molecule has 5 aromatic rings. The highest BCUT2D eigenvalue weighted by atomic mass is 35.5. The molecule has 3 aromatic carbocycles. The molecule has 0 N–H and O–H groups in total. The van der Waals surface area contributed by atoms with Crippen LogP contribution in [0.4, 0.5) is 0 Å². The molecular formula is C20H11ClN2O. The lowest BCUT2D eigenvalue weighted by Gasteiger charge is -2.06. The molecule has 0 fully saturated rings. The van der Waals surface area contributed by atoms with E-state index in [-0.39, 0.29) is 40.4 Å². The highest BCUT2D eigenvalue weighted by molar-refractivity contribution is 6.29. The molecule has 0 aliphatic heterocycles. The first-order valence-electron chi connectivity index (χ1n) is 9.31. The molecule has 24 heavy (non-hydrogen) atoms. The predicted octanol–water partition coefficient (Wildman–Crippen LogP) is 5.85. The fourth-order valence-corrected chi connectivity index (χ4v) is 3.12. The molecular weight excluding hydrogens is 320 g/mol. The normalized spacial score (nSPS) is 13.9. The molecule has 3 nitrogen and oxygen atoms in total. The third-order valence-corrected chi connectivity index (χ3v) is 4.14. The van der Waals surface area contributed by atoms with Gasteiger partial charge in [-0.3, -0.25) is 0 Å². The summed E-state index contributed by atoms with van der Waals surface area (Å²) in [5.41, 5.74) is 2.28. The zero-order chi connectivity index (χ0) is 19.6. The number of para-hydroxylation sites is 3. The Balaban J connectivity index is 1.98. The summed E-state index contributed by atoms with van der Waals surface area (Å²) < 4.78 is 38.5. The number of nitrogens with zero attached hydrogens (tertiary/aromatic N) is 2. The summed E-state index contributed by atoms with van der Waals surface area (Å²) in [4.78, 5) is 8.37. The number of rotatable bonds is 1. The van der Waals surface area contributed by atoms with Gasteiger partial charge in [-0.1, -0.05) is 48.5 Å². The molecule has 0 unspecified atom stereocenters. The van der Waals surface area contributed by atoms with Crippen LogP contribution in [0.2, 0.25) is 5.28 Å². The van der Waals surface area contributed by atoms with E-state index in [1.54, 1.807) is 6.07 Å². The summed E-state index contributed by atoms with van der Waals surface area (Å²) in [5, 5.41) is 1.95. The van der Waals surface area contributed by atoms with Crippen molar-refractivity contribution in [1.82, 2.24) is 9.97 Å². The lowest BCUT2D eigenvalue weighted by atomic mass is 10.0. The Kier molecular flexibility index (Phi) is 2.11. The number of fused-ring (bicyclic) bond motifs is 4. The average molecular weight is 335 g/mol. The molecule has 0 saturated carbocycles. The van der Waals surface area contributed by atoms with Crippen LogP contribution in [-0.2, 0) is 0 Å². The van der Waals surface area contributed by atoms with Crippen molar-refractivity contribution in [2.45, 2.75) is 0 Å². The van der Waals surface area contributed by atoms with Crippen molar-refractivity contribution in [2.24, 2.45) is 0 Å². The second kappa shape index (κ2) is 5.05. The maximum Gasteiger partial charge on any atom is 0.223 e. The Labute approximate surface area is 148 Å². The van der Waals surface area contributed by atoms with E-state index in [2.05, 4.69) is 9.97 Å². The molecule has 2 heterocycles. The van der Waals surface area contributed by atoms with E-state index in [4.69, 9.17) is 21.5 Å². The van der Waals surface area contributed by atoms with Gasteiger partial charge in [0.1, 0.15) is 11.2 Å². The van der Waals surface area contributed by atoms with Crippen LogP contribution in [0.1, 0.15) is 5.48 Å². The van der Waals surface area contributed by atoms with Crippen LogP contribution in [0.5, 0.6) is 0 Å². The predicted molar refractivity (Wildman–Crippen MR) is 97.3 cm³/mol. The Morgan fingerprint density at radius 2 is 1.71 bits per heavy atom. The van der Waals surface area contributed by atoms with Crippen LogP contribution >= 0.6 is 11.6 Å². The van der Waals surface area contributed by atoms with Crippen LogP contribution in [0.3, 0.4) is 0 Å². The summed E-state index contributed by atoms with van der Waals surface area (Å²) in [6.07, 6.45) is 0. The summed E-state index contributed by atoms with van der Waals surface area (Å²) in [7, 11) is 0. The number of halogens is 1. The van der Waals surface area contributed by atoms with Crippen LogP contribution in [0, 0.1) is 0 Å². The van der Waals surface area contributed by atoms with Gasteiger partial charge < -0.3 is 4.42 Å². The van der Waals surface area contributed by atoms with Crippen LogP contribution < -0.4 is 0 Å². The zero-order valence-electron chi connectivity index (χ0n) is 16.2. The third-order valence-electron chi connectivity index (χ3n) is 3.97. The maximum absolute atomic E-state index is 8.36. The summed E-state index contributed by atoms with van der Waals surface area (Å²) in [6.45, 7) is 0. The molecule has 2 aromatic heterocycles. The lowest BCUT2D eigenvalue weighted by Crippen LogP contribution is -1.91. The fourth-order valence-electron chi connectivity index (χ4n) is 2.96. The molecule has 0 aliphatic rings. The SMILES string of the molecule is [2H]c1c([2H])c([2H])c2c(-c3cccc4c3oc3ccccc34)nc(Cl)nc2c1[2H]. The Bertz CT molecular complexity index is 1430. The number of hydrogen-bond donors (Lipinski definition) is 0. The van der Waals surface area contributed by atoms with E-state index in [9.17, 15) is 0 Å². The van der Waals surface area contributed by atoms with Crippen molar-refractivity contribution in [1.29, 1.82) is 0 Å². The third kappa shape index (κ3) is 1.92. The second-order valence-electron chi connectivity index (χ2n) is 5.35. The van der Waals surface area contributed by atoms with E-state index < -0.39 is 0 Å².